The number of ether oxygens (including phenoxy) is 3. The van der Waals surface area contributed by atoms with Gasteiger partial charge in [0.1, 0.15) is 30.2 Å². The van der Waals surface area contributed by atoms with Crippen LogP contribution >= 0.6 is 0 Å². The van der Waals surface area contributed by atoms with Gasteiger partial charge in [0.05, 0.1) is 19.4 Å². The lowest BCUT2D eigenvalue weighted by Gasteiger charge is -2.39. The predicted octanol–water partition coefficient (Wildman–Crippen LogP) is 0.959. The molecule has 0 bridgehead atoms. The Morgan fingerprint density at radius 3 is 2.30 bits per heavy atom. The molecule has 2 aromatic carbocycles. The quantitative estimate of drug-likeness (QED) is 0.414. The second-order valence-electron chi connectivity index (χ2n) is 7.96. The average molecular weight is 456 g/mol. The monoisotopic (exact) mass is 456 g/mol. The van der Waals surface area contributed by atoms with Crippen LogP contribution in [0, 0.1) is 6.92 Å². The Balaban J connectivity index is 1.69. The van der Waals surface area contributed by atoms with Crippen LogP contribution in [0.15, 0.2) is 54.6 Å². The summed E-state index contributed by atoms with van der Waals surface area (Å²) in [5.74, 6) is 0.963. The first-order valence-electron chi connectivity index (χ1n) is 10.7. The number of methoxy groups -OCH3 is 1. The van der Waals surface area contributed by atoms with Crippen molar-refractivity contribution in [3.63, 3.8) is 0 Å². The molecule has 3 aromatic rings. The van der Waals surface area contributed by atoms with Gasteiger partial charge in [-0.1, -0.05) is 30.3 Å². The Bertz CT molecular complexity index is 1050. The molecule has 2 heterocycles. The molecule has 1 unspecified atom stereocenters. The summed E-state index contributed by atoms with van der Waals surface area (Å²) in [6, 6.07) is 17.1. The van der Waals surface area contributed by atoms with Crippen LogP contribution in [0.4, 0.5) is 0 Å². The molecule has 1 aliphatic heterocycles. The van der Waals surface area contributed by atoms with E-state index in [2.05, 4.69) is 5.10 Å². The number of hydrogen-bond acceptors (Lipinski definition) is 8. The van der Waals surface area contributed by atoms with Crippen LogP contribution in [0.3, 0.4) is 0 Å². The molecule has 33 heavy (non-hydrogen) atoms. The molecule has 1 saturated heterocycles. The van der Waals surface area contributed by atoms with Gasteiger partial charge in [-0.05, 0) is 36.8 Å². The number of aliphatic hydroxyl groups excluding tert-OH is 4. The molecule has 4 N–H and O–H groups in total. The SMILES string of the molecule is COc1ccc(Cc2c(OC3O[C@H](CO)[C@@H](O)[C@H](O)[C@H]3O)nn(-c3ccccc3)c2C)cc1. The number of aliphatic hydroxyl groups is 4. The normalized spacial score (nSPS) is 25.1. The number of hydrogen-bond donors (Lipinski definition) is 4. The zero-order chi connectivity index (χ0) is 23.5. The third-order valence-electron chi connectivity index (χ3n) is 5.82. The van der Waals surface area contributed by atoms with E-state index in [9.17, 15) is 20.4 Å². The Morgan fingerprint density at radius 2 is 1.67 bits per heavy atom. The van der Waals surface area contributed by atoms with Crippen molar-refractivity contribution >= 4 is 0 Å². The zero-order valence-electron chi connectivity index (χ0n) is 18.4. The Hall–Kier alpha value is -2.95. The molecule has 1 aromatic heterocycles. The van der Waals surface area contributed by atoms with Gasteiger partial charge in [-0.25, -0.2) is 4.68 Å². The van der Waals surface area contributed by atoms with Crippen LogP contribution in [0.1, 0.15) is 16.8 Å². The molecule has 1 fully saturated rings. The van der Waals surface area contributed by atoms with Crippen molar-refractivity contribution in [2.45, 2.75) is 44.1 Å². The van der Waals surface area contributed by atoms with E-state index in [1.54, 1.807) is 11.8 Å². The van der Waals surface area contributed by atoms with Crippen molar-refractivity contribution in [3.8, 4) is 17.3 Å². The first kappa shape index (κ1) is 23.2. The van der Waals surface area contributed by atoms with Gasteiger partial charge in [-0.2, -0.15) is 0 Å². The molecular formula is C24H28N2O7. The van der Waals surface area contributed by atoms with Crippen LogP contribution in [0.5, 0.6) is 11.6 Å². The Kier molecular flexibility index (Phi) is 6.96. The van der Waals surface area contributed by atoms with Gasteiger partial charge in [-0.3, -0.25) is 0 Å². The Labute approximate surface area is 191 Å². The molecule has 0 aliphatic carbocycles. The maximum atomic E-state index is 10.4. The summed E-state index contributed by atoms with van der Waals surface area (Å²) in [6.45, 7) is 1.37. The van der Waals surface area contributed by atoms with E-state index in [4.69, 9.17) is 14.2 Å². The maximum Gasteiger partial charge on any atom is 0.239 e. The fourth-order valence-corrected chi connectivity index (χ4v) is 3.85. The highest BCUT2D eigenvalue weighted by Gasteiger charge is 2.45. The molecule has 0 amide bonds. The molecule has 0 radical (unpaired) electrons. The lowest BCUT2D eigenvalue weighted by molar-refractivity contribution is -0.278. The van der Waals surface area contributed by atoms with E-state index >= 15 is 0 Å². The number of aromatic nitrogens is 2. The van der Waals surface area contributed by atoms with Crippen molar-refractivity contribution in [2.75, 3.05) is 13.7 Å². The minimum Gasteiger partial charge on any atom is -0.497 e. The molecule has 4 rings (SSSR count). The van der Waals surface area contributed by atoms with Crippen LogP contribution in [0.25, 0.3) is 5.69 Å². The van der Waals surface area contributed by atoms with Gasteiger partial charge >= 0.3 is 0 Å². The van der Waals surface area contributed by atoms with Crippen LogP contribution < -0.4 is 9.47 Å². The highest BCUT2D eigenvalue weighted by molar-refractivity contribution is 5.43. The van der Waals surface area contributed by atoms with Crippen LogP contribution in [0.2, 0.25) is 0 Å². The topological polar surface area (TPSA) is 126 Å². The maximum absolute atomic E-state index is 10.4. The van der Waals surface area contributed by atoms with Crippen molar-refractivity contribution in [1.29, 1.82) is 0 Å². The molecule has 0 spiro atoms. The lowest BCUT2D eigenvalue weighted by Crippen LogP contribution is -2.60. The smallest absolute Gasteiger partial charge is 0.239 e. The first-order chi connectivity index (χ1) is 15.9. The van der Waals surface area contributed by atoms with Gasteiger partial charge in [0.15, 0.2) is 0 Å². The summed E-state index contributed by atoms with van der Waals surface area (Å²) in [5.41, 5.74) is 3.41. The lowest BCUT2D eigenvalue weighted by atomic mass is 9.99. The van der Waals surface area contributed by atoms with E-state index in [1.807, 2.05) is 61.5 Å². The summed E-state index contributed by atoms with van der Waals surface area (Å²) in [5, 5.41) is 44.7. The summed E-state index contributed by atoms with van der Waals surface area (Å²) < 4.78 is 18.4. The van der Waals surface area contributed by atoms with Crippen LogP contribution in [-0.4, -0.2) is 74.6 Å². The summed E-state index contributed by atoms with van der Waals surface area (Å²) in [7, 11) is 1.61. The Morgan fingerprint density at radius 1 is 0.970 bits per heavy atom. The van der Waals surface area contributed by atoms with E-state index in [0.29, 0.717) is 6.42 Å². The third-order valence-corrected chi connectivity index (χ3v) is 5.82. The van der Waals surface area contributed by atoms with Crippen molar-refractivity contribution < 1.29 is 34.6 Å². The molecule has 1 aliphatic rings. The minimum atomic E-state index is -1.54. The minimum absolute atomic E-state index is 0.219. The largest absolute Gasteiger partial charge is 0.497 e. The standard InChI is InChI=1S/C24H28N2O7/c1-14-18(12-15-8-10-17(31-2)11-9-15)23(25-26(14)16-6-4-3-5-7-16)33-24-22(30)21(29)20(28)19(13-27)32-24/h3-11,19-22,24,27-30H,12-13H2,1-2H3/t19-,20-,21+,22-,24?/m1/s1. The second kappa shape index (κ2) is 9.90. The number of rotatable bonds is 7. The molecule has 0 saturated carbocycles. The highest BCUT2D eigenvalue weighted by Crippen LogP contribution is 2.31. The molecule has 5 atom stereocenters. The molecule has 9 nitrogen and oxygen atoms in total. The van der Waals surface area contributed by atoms with Crippen LogP contribution in [-0.2, 0) is 11.2 Å². The number of para-hydroxylation sites is 1. The summed E-state index contributed by atoms with van der Waals surface area (Å²) in [4.78, 5) is 0. The molecule has 176 valence electrons. The third kappa shape index (κ3) is 4.73. The number of nitrogens with zero attached hydrogens (tertiary/aromatic N) is 2. The second-order valence-corrected chi connectivity index (χ2v) is 7.96. The van der Waals surface area contributed by atoms with Crippen molar-refractivity contribution in [2.24, 2.45) is 0 Å². The van der Waals surface area contributed by atoms with Crippen molar-refractivity contribution in [3.05, 3.63) is 71.4 Å². The zero-order valence-corrected chi connectivity index (χ0v) is 18.4. The summed E-state index contributed by atoms with van der Waals surface area (Å²) in [6.07, 6.45) is -6.45. The van der Waals surface area contributed by atoms with E-state index in [0.717, 1.165) is 28.3 Å². The fraction of sp³-hybridized carbons (Fsp3) is 0.375. The fourth-order valence-electron chi connectivity index (χ4n) is 3.85. The van der Waals surface area contributed by atoms with Gasteiger partial charge in [-0.15, -0.1) is 5.10 Å². The average Bonchev–Trinajstić information content (AvgIpc) is 3.15. The van der Waals surface area contributed by atoms with Gasteiger partial charge in [0, 0.05) is 17.7 Å². The van der Waals surface area contributed by atoms with Gasteiger partial charge in [0.25, 0.3) is 0 Å². The van der Waals surface area contributed by atoms with Crippen molar-refractivity contribution in [1.82, 2.24) is 9.78 Å². The summed E-state index contributed by atoms with van der Waals surface area (Å²) >= 11 is 0. The first-order valence-corrected chi connectivity index (χ1v) is 10.7. The van der Waals surface area contributed by atoms with Gasteiger partial charge < -0.3 is 34.6 Å². The number of benzene rings is 2. The van der Waals surface area contributed by atoms with Gasteiger partial charge in [0.2, 0.25) is 12.2 Å². The molecular weight excluding hydrogens is 428 g/mol. The van der Waals surface area contributed by atoms with E-state index in [-0.39, 0.29) is 5.88 Å². The van der Waals surface area contributed by atoms with E-state index in [1.165, 1.54) is 0 Å². The molecule has 9 heteroatoms. The highest BCUT2D eigenvalue weighted by atomic mass is 16.7. The predicted molar refractivity (Wildman–Crippen MR) is 118 cm³/mol. The van der Waals surface area contributed by atoms with E-state index < -0.39 is 37.3 Å².